The molecule has 1 spiro atoms. The number of rotatable bonds is 3. The van der Waals surface area contributed by atoms with Gasteiger partial charge in [0.15, 0.2) is 0 Å². The van der Waals surface area contributed by atoms with E-state index in [0.717, 1.165) is 24.2 Å². The molecule has 0 bridgehead atoms. The number of ether oxygens (including phenoxy) is 1. The molecule has 164 valence electrons. The van der Waals surface area contributed by atoms with Crippen LogP contribution in [-0.2, 0) is 10.3 Å². The van der Waals surface area contributed by atoms with Crippen LogP contribution in [0.1, 0.15) is 35.8 Å². The predicted octanol–water partition coefficient (Wildman–Crippen LogP) is 4.60. The van der Waals surface area contributed by atoms with Gasteiger partial charge in [0.2, 0.25) is 0 Å². The third-order valence-corrected chi connectivity index (χ3v) is 6.33. The Hall–Kier alpha value is -3.74. The second-order valence-electron chi connectivity index (χ2n) is 8.20. The van der Waals surface area contributed by atoms with Crippen molar-refractivity contribution in [3.63, 3.8) is 0 Å². The number of urea groups is 1. The van der Waals surface area contributed by atoms with Crippen molar-refractivity contribution in [2.75, 3.05) is 30.3 Å². The van der Waals surface area contributed by atoms with E-state index in [0.29, 0.717) is 30.9 Å². The number of carbonyl (C=O) groups is 2. The van der Waals surface area contributed by atoms with Gasteiger partial charge < -0.3 is 24.8 Å². The van der Waals surface area contributed by atoms with Crippen LogP contribution < -0.4 is 10.6 Å². The molecule has 5 rings (SSSR count). The quantitative estimate of drug-likeness (QED) is 0.596. The Bertz CT molecular complexity index is 1140. The van der Waals surface area contributed by atoms with Crippen LogP contribution in [0.5, 0.6) is 0 Å². The average molecular weight is 431 g/mol. The molecule has 0 saturated carbocycles. The molecule has 32 heavy (non-hydrogen) atoms. The number of anilines is 2. The lowest BCUT2D eigenvalue weighted by Crippen LogP contribution is -2.51. The third-order valence-electron chi connectivity index (χ3n) is 6.33. The summed E-state index contributed by atoms with van der Waals surface area (Å²) in [5.41, 5.74) is 4.46. The first-order valence-corrected chi connectivity index (χ1v) is 11.0. The maximum atomic E-state index is 12.9. The topological polar surface area (TPSA) is 75.6 Å². The van der Waals surface area contributed by atoms with Crippen LogP contribution in [0, 0.1) is 0 Å². The molecule has 0 aliphatic carbocycles. The molecule has 7 heteroatoms. The first-order valence-electron chi connectivity index (χ1n) is 11.0. The summed E-state index contributed by atoms with van der Waals surface area (Å²) in [6.45, 7) is 3.40. The van der Waals surface area contributed by atoms with Gasteiger partial charge in [-0.05, 0) is 68.3 Å². The van der Waals surface area contributed by atoms with Crippen molar-refractivity contribution in [1.82, 2.24) is 9.47 Å². The third kappa shape index (κ3) is 3.49. The number of aromatic nitrogens is 1. The van der Waals surface area contributed by atoms with Gasteiger partial charge in [-0.2, -0.15) is 0 Å². The van der Waals surface area contributed by atoms with E-state index in [4.69, 9.17) is 4.74 Å². The van der Waals surface area contributed by atoms with Gasteiger partial charge in [-0.3, -0.25) is 0 Å². The zero-order chi connectivity index (χ0) is 22.1. The minimum absolute atomic E-state index is 0.129. The molecule has 1 saturated heterocycles. The van der Waals surface area contributed by atoms with Gasteiger partial charge in [-0.1, -0.05) is 12.1 Å². The van der Waals surface area contributed by atoms with Crippen molar-refractivity contribution in [2.24, 2.45) is 0 Å². The van der Waals surface area contributed by atoms with Crippen LogP contribution in [0.25, 0.3) is 5.69 Å². The van der Waals surface area contributed by atoms with Crippen LogP contribution in [0.4, 0.5) is 16.2 Å². The van der Waals surface area contributed by atoms with Crippen molar-refractivity contribution in [3.05, 3.63) is 78.1 Å². The first kappa shape index (κ1) is 20.2. The minimum Gasteiger partial charge on any atom is -0.462 e. The zero-order valence-electron chi connectivity index (χ0n) is 18.0. The lowest BCUT2D eigenvalue weighted by atomic mass is 9.82. The predicted molar refractivity (Wildman–Crippen MR) is 123 cm³/mol. The second kappa shape index (κ2) is 8.07. The van der Waals surface area contributed by atoms with Crippen LogP contribution in [-0.4, -0.2) is 41.2 Å². The summed E-state index contributed by atoms with van der Waals surface area (Å²) in [6.07, 6.45) is 3.75. The Kier molecular flexibility index (Phi) is 5.09. The molecule has 0 atom stereocenters. The maximum absolute atomic E-state index is 12.9. The Morgan fingerprint density at radius 1 is 1.03 bits per heavy atom. The van der Waals surface area contributed by atoms with Gasteiger partial charge in [0.05, 0.1) is 29.1 Å². The standard InChI is InChI=1S/C25H26N4O3/c1-2-32-23(30)18-9-11-19(12-10-18)26-24(31)28-16-13-25(14-17-28)22-8-5-15-29(22)21-7-4-3-6-20(21)27-25/h3-12,15,27H,2,13-14,16-17H2,1H3,(H,26,31). The molecule has 7 nitrogen and oxygen atoms in total. The van der Waals surface area contributed by atoms with E-state index in [2.05, 4.69) is 51.7 Å². The normalized spacial score (nSPS) is 16.0. The monoisotopic (exact) mass is 430 g/mol. The summed E-state index contributed by atoms with van der Waals surface area (Å²) in [7, 11) is 0. The van der Waals surface area contributed by atoms with E-state index in [-0.39, 0.29) is 17.5 Å². The van der Waals surface area contributed by atoms with E-state index in [1.807, 2.05) is 11.0 Å². The Labute approximate surface area is 187 Å². The number of nitrogens with zero attached hydrogens (tertiary/aromatic N) is 2. The lowest BCUT2D eigenvalue weighted by Gasteiger charge is -2.46. The summed E-state index contributed by atoms with van der Waals surface area (Å²) < 4.78 is 7.25. The molecule has 2 aliphatic heterocycles. The number of hydrogen-bond acceptors (Lipinski definition) is 4. The summed E-state index contributed by atoms with van der Waals surface area (Å²) in [6, 6.07) is 19.2. The fourth-order valence-electron chi connectivity index (χ4n) is 4.67. The summed E-state index contributed by atoms with van der Waals surface area (Å²) in [4.78, 5) is 26.5. The van der Waals surface area contributed by atoms with Crippen molar-refractivity contribution in [2.45, 2.75) is 25.3 Å². The van der Waals surface area contributed by atoms with Gasteiger partial charge in [0, 0.05) is 30.7 Å². The molecule has 2 amide bonds. The molecule has 0 unspecified atom stereocenters. The highest BCUT2D eigenvalue weighted by Crippen LogP contribution is 2.43. The van der Waals surface area contributed by atoms with Crippen LogP contribution in [0.3, 0.4) is 0 Å². The Morgan fingerprint density at radius 3 is 2.53 bits per heavy atom. The van der Waals surface area contributed by atoms with E-state index < -0.39 is 0 Å². The number of piperidine rings is 1. The number of esters is 1. The molecule has 0 radical (unpaired) electrons. The SMILES string of the molecule is CCOC(=O)c1ccc(NC(=O)N2CCC3(CC2)Nc2ccccc2-n2cccc23)cc1. The Morgan fingerprint density at radius 2 is 1.78 bits per heavy atom. The van der Waals surface area contributed by atoms with Crippen LogP contribution in [0.2, 0.25) is 0 Å². The molecule has 2 aromatic carbocycles. The first-order chi connectivity index (χ1) is 15.6. The van der Waals surface area contributed by atoms with Gasteiger partial charge in [0.1, 0.15) is 0 Å². The fraction of sp³-hybridized carbons (Fsp3) is 0.280. The second-order valence-corrected chi connectivity index (χ2v) is 8.20. The van der Waals surface area contributed by atoms with Gasteiger partial charge in [-0.15, -0.1) is 0 Å². The van der Waals surface area contributed by atoms with E-state index in [1.54, 1.807) is 31.2 Å². The molecular weight excluding hydrogens is 404 g/mol. The number of hydrogen-bond donors (Lipinski definition) is 2. The number of amides is 2. The molecule has 2 N–H and O–H groups in total. The van der Waals surface area contributed by atoms with Crippen LogP contribution in [0.15, 0.2) is 66.9 Å². The summed E-state index contributed by atoms with van der Waals surface area (Å²) in [5.74, 6) is -0.363. The van der Waals surface area contributed by atoms with Gasteiger partial charge in [0.25, 0.3) is 0 Å². The number of nitrogens with one attached hydrogen (secondary N) is 2. The van der Waals surface area contributed by atoms with E-state index in [1.165, 1.54) is 5.69 Å². The maximum Gasteiger partial charge on any atom is 0.338 e. The fourth-order valence-corrected chi connectivity index (χ4v) is 4.67. The number of fused-ring (bicyclic) bond motifs is 4. The molecule has 1 aromatic heterocycles. The van der Waals surface area contributed by atoms with Crippen LogP contribution >= 0.6 is 0 Å². The van der Waals surface area contributed by atoms with E-state index in [9.17, 15) is 9.59 Å². The lowest BCUT2D eigenvalue weighted by molar-refractivity contribution is 0.0526. The Balaban J connectivity index is 1.25. The molecule has 1 fully saturated rings. The van der Waals surface area contributed by atoms with Crippen molar-refractivity contribution >= 4 is 23.4 Å². The highest BCUT2D eigenvalue weighted by molar-refractivity contribution is 5.92. The highest BCUT2D eigenvalue weighted by Gasteiger charge is 2.42. The summed E-state index contributed by atoms with van der Waals surface area (Å²) in [5, 5.41) is 6.71. The van der Waals surface area contributed by atoms with Gasteiger partial charge in [-0.25, -0.2) is 9.59 Å². The number of benzene rings is 2. The molecule has 3 heterocycles. The van der Waals surface area contributed by atoms with Gasteiger partial charge >= 0.3 is 12.0 Å². The van der Waals surface area contributed by atoms with E-state index >= 15 is 0 Å². The minimum atomic E-state index is -0.363. The number of carbonyl (C=O) groups excluding carboxylic acids is 2. The highest BCUT2D eigenvalue weighted by atomic mass is 16.5. The zero-order valence-corrected chi connectivity index (χ0v) is 18.0. The largest absolute Gasteiger partial charge is 0.462 e. The van der Waals surface area contributed by atoms with Crippen molar-refractivity contribution in [1.29, 1.82) is 0 Å². The van der Waals surface area contributed by atoms with Crippen molar-refractivity contribution in [3.8, 4) is 5.69 Å². The number of para-hydroxylation sites is 2. The molecule has 3 aromatic rings. The molecule has 2 aliphatic rings. The average Bonchev–Trinajstić information content (AvgIpc) is 3.32. The van der Waals surface area contributed by atoms with Crippen molar-refractivity contribution < 1.29 is 14.3 Å². The molecular formula is C25H26N4O3. The summed E-state index contributed by atoms with van der Waals surface area (Å²) >= 11 is 0. The smallest absolute Gasteiger partial charge is 0.338 e. The number of likely N-dealkylation sites (tertiary alicyclic amines) is 1.